The van der Waals surface area contributed by atoms with Gasteiger partial charge in [-0.25, -0.2) is 4.98 Å². The molecule has 1 atom stereocenters. The molecule has 1 amide bonds. The highest BCUT2D eigenvalue weighted by Crippen LogP contribution is 2.28. The minimum Gasteiger partial charge on any atom is -0.330 e. The number of amides is 1. The van der Waals surface area contributed by atoms with E-state index < -0.39 is 0 Å². The molecule has 5 nitrogen and oxygen atoms in total. The highest BCUT2D eigenvalue weighted by Gasteiger charge is 2.12. The van der Waals surface area contributed by atoms with Gasteiger partial charge in [-0.3, -0.25) is 4.79 Å². The number of rotatable bonds is 6. The lowest BCUT2D eigenvalue weighted by atomic mass is 10.1. The number of halogens is 1. The van der Waals surface area contributed by atoms with Gasteiger partial charge in [0.05, 0.1) is 22.7 Å². The number of hydrogen-bond acceptors (Lipinski definition) is 3. The van der Waals surface area contributed by atoms with E-state index in [1.807, 2.05) is 13.0 Å². The average Bonchev–Trinajstić information content (AvgIpc) is 2.98. The molecule has 21 heavy (non-hydrogen) atoms. The van der Waals surface area contributed by atoms with E-state index in [0.29, 0.717) is 29.6 Å². The predicted molar refractivity (Wildman–Crippen MR) is 84.7 cm³/mol. The van der Waals surface area contributed by atoms with E-state index in [2.05, 4.69) is 10.3 Å². The number of nitrogens with two attached hydrogens (primary N) is 1. The van der Waals surface area contributed by atoms with Crippen LogP contribution in [0.2, 0.25) is 5.02 Å². The highest BCUT2D eigenvalue weighted by atomic mass is 35.5. The average molecular weight is 307 g/mol. The van der Waals surface area contributed by atoms with Crippen molar-refractivity contribution >= 4 is 23.2 Å². The maximum Gasteiger partial charge on any atom is 0.224 e. The zero-order chi connectivity index (χ0) is 15.2. The predicted octanol–water partition coefficient (Wildman–Crippen LogP) is 2.84. The molecule has 0 fully saturated rings. The van der Waals surface area contributed by atoms with Crippen molar-refractivity contribution in [2.24, 2.45) is 11.7 Å². The van der Waals surface area contributed by atoms with Crippen LogP contribution in [0.25, 0.3) is 5.69 Å². The number of aromatic nitrogens is 2. The first-order valence-corrected chi connectivity index (χ1v) is 7.26. The van der Waals surface area contributed by atoms with Gasteiger partial charge in [0, 0.05) is 18.8 Å². The van der Waals surface area contributed by atoms with Crippen molar-refractivity contribution in [3.8, 4) is 5.69 Å². The van der Waals surface area contributed by atoms with Gasteiger partial charge < -0.3 is 15.6 Å². The van der Waals surface area contributed by atoms with E-state index in [0.717, 1.165) is 12.1 Å². The number of carbonyl (C=O) groups excluding carboxylic acids is 1. The number of anilines is 1. The molecule has 0 saturated heterocycles. The summed E-state index contributed by atoms with van der Waals surface area (Å²) < 4.78 is 1.78. The Hall–Kier alpha value is -1.85. The summed E-state index contributed by atoms with van der Waals surface area (Å²) in [5, 5.41) is 3.46. The molecule has 0 radical (unpaired) electrons. The molecule has 0 bridgehead atoms. The molecule has 2 rings (SSSR count). The zero-order valence-corrected chi connectivity index (χ0v) is 12.7. The Kier molecular flexibility index (Phi) is 5.36. The van der Waals surface area contributed by atoms with Crippen LogP contribution in [0.5, 0.6) is 0 Å². The van der Waals surface area contributed by atoms with E-state index in [9.17, 15) is 4.79 Å². The van der Waals surface area contributed by atoms with E-state index in [1.54, 1.807) is 35.4 Å². The molecule has 1 unspecified atom stereocenters. The monoisotopic (exact) mass is 306 g/mol. The minimum atomic E-state index is -0.0427. The Labute approximate surface area is 129 Å². The number of carbonyl (C=O) groups is 1. The molecule has 1 aromatic carbocycles. The van der Waals surface area contributed by atoms with Crippen LogP contribution in [0.15, 0.2) is 36.9 Å². The van der Waals surface area contributed by atoms with Crippen LogP contribution in [-0.4, -0.2) is 22.0 Å². The summed E-state index contributed by atoms with van der Waals surface area (Å²) in [6, 6.07) is 5.41. The first kappa shape index (κ1) is 15.5. The van der Waals surface area contributed by atoms with Crippen molar-refractivity contribution in [1.29, 1.82) is 0 Å². The first-order valence-electron chi connectivity index (χ1n) is 6.88. The van der Waals surface area contributed by atoms with Crippen LogP contribution in [0.3, 0.4) is 0 Å². The largest absolute Gasteiger partial charge is 0.330 e. The topological polar surface area (TPSA) is 72.9 Å². The van der Waals surface area contributed by atoms with Crippen LogP contribution in [0.1, 0.15) is 19.8 Å². The van der Waals surface area contributed by atoms with Gasteiger partial charge in [0.25, 0.3) is 0 Å². The van der Waals surface area contributed by atoms with Gasteiger partial charge in [0.2, 0.25) is 5.91 Å². The van der Waals surface area contributed by atoms with Crippen LogP contribution in [0, 0.1) is 5.92 Å². The smallest absolute Gasteiger partial charge is 0.224 e. The van der Waals surface area contributed by atoms with Crippen molar-refractivity contribution in [1.82, 2.24) is 9.55 Å². The Morgan fingerprint density at radius 2 is 2.33 bits per heavy atom. The molecule has 6 heteroatoms. The van der Waals surface area contributed by atoms with Gasteiger partial charge in [-0.05, 0) is 31.0 Å². The number of imidazole rings is 1. The lowest BCUT2D eigenvalue weighted by Crippen LogP contribution is -2.17. The Bertz CT molecular complexity index is 598. The summed E-state index contributed by atoms with van der Waals surface area (Å²) in [5.41, 5.74) is 6.95. The SMILES string of the molecule is CC(CN)CCC(=O)Nc1cccc(Cl)c1-n1ccnc1. The van der Waals surface area contributed by atoms with Crippen molar-refractivity contribution in [2.75, 3.05) is 11.9 Å². The molecule has 112 valence electrons. The molecule has 3 N–H and O–H groups in total. The van der Waals surface area contributed by atoms with Crippen LogP contribution in [-0.2, 0) is 4.79 Å². The van der Waals surface area contributed by atoms with Gasteiger partial charge in [0.1, 0.15) is 0 Å². The maximum atomic E-state index is 12.0. The molecule has 0 spiro atoms. The van der Waals surface area contributed by atoms with Gasteiger partial charge in [-0.15, -0.1) is 0 Å². The molecule has 2 aromatic rings. The summed E-state index contributed by atoms with van der Waals surface area (Å²) in [4.78, 5) is 16.1. The minimum absolute atomic E-state index is 0.0427. The van der Waals surface area contributed by atoms with Crippen molar-refractivity contribution < 1.29 is 4.79 Å². The summed E-state index contributed by atoms with van der Waals surface area (Å²) in [6.45, 7) is 2.62. The number of nitrogens with one attached hydrogen (secondary N) is 1. The second kappa shape index (κ2) is 7.24. The number of para-hydroxylation sites is 1. The van der Waals surface area contributed by atoms with Gasteiger partial charge in [-0.2, -0.15) is 0 Å². The quantitative estimate of drug-likeness (QED) is 0.862. The summed E-state index contributed by atoms with van der Waals surface area (Å²) in [6.07, 6.45) is 6.30. The third-order valence-electron chi connectivity index (χ3n) is 3.29. The van der Waals surface area contributed by atoms with E-state index >= 15 is 0 Å². The van der Waals surface area contributed by atoms with Crippen LogP contribution >= 0.6 is 11.6 Å². The lowest BCUT2D eigenvalue weighted by molar-refractivity contribution is -0.116. The second-order valence-electron chi connectivity index (χ2n) is 5.03. The Balaban J connectivity index is 2.14. The molecule has 0 aliphatic rings. The van der Waals surface area contributed by atoms with E-state index in [1.165, 1.54) is 0 Å². The third-order valence-corrected chi connectivity index (χ3v) is 3.60. The summed E-state index contributed by atoms with van der Waals surface area (Å²) in [5.74, 6) is 0.294. The number of benzene rings is 1. The van der Waals surface area contributed by atoms with Crippen LogP contribution in [0.4, 0.5) is 5.69 Å². The van der Waals surface area contributed by atoms with Gasteiger partial charge >= 0.3 is 0 Å². The van der Waals surface area contributed by atoms with Crippen molar-refractivity contribution in [2.45, 2.75) is 19.8 Å². The summed E-state index contributed by atoms with van der Waals surface area (Å²) >= 11 is 6.24. The molecule has 1 heterocycles. The lowest BCUT2D eigenvalue weighted by Gasteiger charge is -2.14. The normalized spacial score (nSPS) is 12.1. The molecular weight excluding hydrogens is 288 g/mol. The molecule has 0 aliphatic carbocycles. The molecule has 0 aliphatic heterocycles. The molecule has 0 saturated carbocycles. The highest BCUT2D eigenvalue weighted by molar-refractivity contribution is 6.33. The number of hydrogen-bond donors (Lipinski definition) is 2. The second-order valence-corrected chi connectivity index (χ2v) is 5.44. The fraction of sp³-hybridized carbons (Fsp3) is 0.333. The third kappa shape index (κ3) is 4.06. The zero-order valence-electron chi connectivity index (χ0n) is 11.9. The van der Waals surface area contributed by atoms with Gasteiger partial charge in [0.15, 0.2) is 0 Å². The Morgan fingerprint density at radius 1 is 1.52 bits per heavy atom. The van der Waals surface area contributed by atoms with Crippen molar-refractivity contribution in [3.63, 3.8) is 0 Å². The maximum absolute atomic E-state index is 12.0. The summed E-state index contributed by atoms with van der Waals surface area (Å²) in [7, 11) is 0. The van der Waals surface area contributed by atoms with Gasteiger partial charge in [-0.1, -0.05) is 24.6 Å². The fourth-order valence-corrected chi connectivity index (χ4v) is 2.25. The molecule has 1 aromatic heterocycles. The van der Waals surface area contributed by atoms with Crippen molar-refractivity contribution in [3.05, 3.63) is 41.9 Å². The van der Waals surface area contributed by atoms with E-state index in [4.69, 9.17) is 17.3 Å². The number of nitrogens with zero attached hydrogens (tertiary/aromatic N) is 2. The first-order chi connectivity index (χ1) is 10.1. The Morgan fingerprint density at radius 3 is 3.00 bits per heavy atom. The molecular formula is C15H19ClN4O. The van der Waals surface area contributed by atoms with Crippen LogP contribution < -0.4 is 11.1 Å². The standard InChI is InChI=1S/C15H19ClN4O/c1-11(9-17)5-6-14(21)19-13-4-2-3-12(16)15(13)20-8-7-18-10-20/h2-4,7-8,10-11H,5-6,9,17H2,1H3,(H,19,21). The van der Waals surface area contributed by atoms with E-state index in [-0.39, 0.29) is 5.91 Å². The fourth-order valence-electron chi connectivity index (χ4n) is 1.98.